The monoisotopic (exact) mass is 294 g/mol. The Morgan fingerprint density at radius 1 is 1.24 bits per heavy atom. The van der Waals surface area contributed by atoms with Gasteiger partial charge in [0.1, 0.15) is 19.0 Å². The molecule has 2 heterocycles. The summed E-state index contributed by atoms with van der Waals surface area (Å²) in [7, 11) is 1.84. The topological polar surface area (TPSA) is 59.5 Å². The summed E-state index contributed by atoms with van der Waals surface area (Å²) in [5.74, 6) is 2.02. The zero-order valence-corrected chi connectivity index (χ0v) is 13.1. The third-order valence-corrected chi connectivity index (χ3v) is 3.55. The second-order valence-corrected chi connectivity index (χ2v) is 5.15. The summed E-state index contributed by atoms with van der Waals surface area (Å²) in [6.45, 7) is 7.01. The van der Waals surface area contributed by atoms with Crippen molar-refractivity contribution in [2.24, 2.45) is 0 Å². The molecule has 6 nitrogen and oxygen atoms in total. The maximum absolute atomic E-state index is 5.78. The van der Waals surface area contributed by atoms with Crippen LogP contribution in [0.25, 0.3) is 0 Å². The number of aromatic nitrogens is 2. The van der Waals surface area contributed by atoms with Gasteiger partial charge in [-0.05, 0) is 32.9 Å². The third kappa shape index (κ3) is 5.47. The van der Waals surface area contributed by atoms with Gasteiger partial charge in [0.25, 0.3) is 0 Å². The molecule has 0 saturated carbocycles. The van der Waals surface area contributed by atoms with Crippen LogP contribution in [0, 0.1) is 0 Å². The Morgan fingerprint density at radius 3 is 2.76 bits per heavy atom. The lowest BCUT2D eigenvalue weighted by molar-refractivity contribution is 0.127. The van der Waals surface area contributed by atoms with E-state index in [0.29, 0.717) is 31.5 Å². The molecule has 0 aromatic carbocycles. The molecule has 1 saturated heterocycles. The molecule has 21 heavy (non-hydrogen) atoms. The number of hydrogen-bond donors (Lipinski definition) is 1. The Labute approximate surface area is 126 Å². The highest BCUT2D eigenvalue weighted by molar-refractivity contribution is 5.37. The van der Waals surface area contributed by atoms with Crippen LogP contribution in [0.2, 0.25) is 0 Å². The van der Waals surface area contributed by atoms with Crippen molar-refractivity contribution >= 4 is 5.82 Å². The number of rotatable bonds is 8. The number of piperidine rings is 1. The Balaban J connectivity index is 1.85. The van der Waals surface area contributed by atoms with Crippen molar-refractivity contribution in [1.82, 2.24) is 14.9 Å². The lowest BCUT2D eigenvalue weighted by Crippen LogP contribution is -2.33. The maximum Gasteiger partial charge on any atom is 0.218 e. The van der Waals surface area contributed by atoms with E-state index in [2.05, 4.69) is 20.2 Å². The molecule has 0 radical (unpaired) electrons. The molecule has 1 aromatic heterocycles. The van der Waals surface area contributed by atoms with Gasteiger partial charge in [-0.1, -0.05) is 6.42 Å². The first kappa shape index (κ1) is 16.0. The molecular formula is C15H26N4O2. The molecule has 0 spiro atoms. The molecule has 1 aliphatic heterocycles. The van der Waals surface area contributed by atoms with Gasteiger partial charge in [0.05, 0.1) is 0 Å². The van der Waals surface area contributed by atoms with Crippen molar-refractivity contribution in [1.29, 1.82) is 0 Å². The lowest BCUT2D eigenvalue weighted by atomic mass is 10.1. The second-order valence-electron chi connectivity index (χ2n) is 5.15. The fourth-order valence-electron chi connectivity index (χ4n) is 2.39. The average Bonchev–Trinajstić information content (AvgIpc) is 2.53. The van der Waals surface area contributed by atoms with E-state index in [9.17, 15) is 0 Å². The first-order valence-electron chi connectivity index (χ1n) is 7.80. The van der Waals surface area contributed by atoms with Crippen molar-refractivity contribution in [2.75, 3.05) is 45.2 Å². The zero-order valence-electron chi connectivity index (χ0n) is 13.1. The first-order chi connectivity index (χ1) is 10.3. The number of ether oxygens (including phenoxy) is 2. The predicted molar refractivity (Wildman–Crippen MR) is 82.7 cm³/mol. The van der Waals surface area contributed by atoms with E-state index in [4.69, 9.17) is 9.47 Å². The summed E-state index contributed by atoms with van der Waals surface area (Å²) in [5, 5.41) is 3.03. The van der Waals surface area contributed by atoms with Crippen LogP contribution in [0.5, 0.6) is 5.88 Å². The van der Waals surface area contributed by atoms with Gasteiger partial charge >= 0.3 is 0 Å². The minimum atomic E-state index is 0.411. The second kappa shape index (κ2) is 8.79. The van der Waals surface area contributed by atoms with Crippen molar-refractivity contribution < 1.29 is 9.47 Å². The van der Waals surface area contributed by atoms with Gasteiger partial charge in [-0.3, -0.25) is 4.90 Å². The molecule has 0 bridgehead atoms. The van der Waals surface area contributed by atoms with Crippen LogP contribution < -0.4 is 10.1 Å². The number of nitrogens with one attached hydrogen (secondary N) is 1. The molecule has 0 unspecified atom stereocenters. The quantitative estimate of drug-likeness (QED) is 0.790. The number of likely N-dealkylation sites (tertiary alicyclic amines) is 1. The zero-order chi connectivity index (χ0) is 14.9. The van der Waals surface area contributed by atoms with E-state index in [1.165, 1.54) is 32.4 Å². The molecule has 0 atom stereocenters. The van der Waals surface area contributed by atoms with Crippen LogP contribution >= 0.6 is 0 Å². The SMILES string of the molecule is CCOCc1nc(NC)cc(OCCN2CCCCC2)n1. The highest BCUT2D eigenvalue weighted by Crippen LogP contribution is 2.14. The standard InChI is InChI=1S/C15H26N4O2/c1-3-20-12-14-17-13(16-2)11-15(18-14)21-10-9-19-7-5-4-6-8-19/h11H,3-10,12H2,1-2H3,(H,16,17,18). The summed E-state index contributed by atoms with van der Waals surface area (Å²) in [6, 6.07) is 1.83. The molecule has 1 aliphatic rings. The number of hydrogen-bond acceptors (Lipinski definition) is 6. The number of anilines is 1. The van der Waals surface area contributed by atoms with E-state index < -0.39 is 0 Å². The van der Waals surface area contributed by atoms with Gasteiger partial charge < -0.3 is 14.8 Å². The Morgan fingerprint density at radius 2 is 2.05 bits per heavy atom. The summed E-state index contributed by atoms with van der Waals surface area (Å²) < 4.78 is 11.1. The van der Waals surface area contributed by atoms with Crippen LogP contribution in [0.4, 0.5) is 5.82 Å². The van der Waals surface area contributed by atoms with Crippen molar-refractivity contribution in [3.05, 3.63) is 11.9 Å². The normalized spacial score (nSPS) is 15.9. The summed E-state index contributed by atoms with van der Waals surface area (Å²) in [4.78, 5) is 11.2. The van der Waals surface area contributed by atoms with E-state index in [1.807, 2.05) is 20.0 Å². The van der Waals surface area contributed by atoms with Gasteiger partial charge in [0.15, 0.2) is 5.82 Å². The van der Waals surface area contributed by atoms with Crippen LogP contribution in [0.15, 0.2) is 6.07 Å². The molecule has 1 fully saturated rings. The van der Waals surface area contributed by atoms with Gasteiger partial charge in [-0.25, -0.2) is 4.98 Å². The lowest BCUT2D eigenvalue weighted by Gasteiger charge is -2.26. The summed E-state index contributed by atoms with van der Waals surface area (Å²) >= 11 is 0. The summed E-state index contributed by atoms with van der Waals surface area (Å²) in [6.07, 6.45) is 3.96. The van der Waals surface area contributed by atoms with Crippen molar-refractivity contribution in [3.63, 3.8) is 0 Å². The largest absolute Gasteiger partial charge is 0.476 e. The Kier molecular flexibility index (Phi) is 6.69. The van der Waals surface area contributed by atoms with Gasteiger partial charge in [-0.15, -0.1) is 0 Å². The van der Waals surface area contributed by atoms with Gasteiger partial charge in [0.2, 0.25) is 5.88 Å². The molecular weight excluding hydrogens is 268 g/mol. The fraction of sp³-hybridized carbons (Fsp3) is 0.733. The summed E-state index contributed by atoms with van der Waals surface area (Å²) in [5.41, 5.74) is 0. The minimum absolute atomic E-state index is 0.411. The Hall–Kier alpha value is -1.40. The van der Waals surface area contributed by atoms with E-state index in [0.717, 1.165) is 12.4 Å². The highest BCUT2D eigenvalue weighted by atomic mass is 16.5. The molecule has 0 amide bonds. The fourth-order valence-corrected chi connectivity index (χ4v) is 2.39. The molecule has 1 N–H and O–H groups in total. The molecule has 118 valence electrons. The maximum atomic E-state index is 5.78. The van der Waals surface area contributed by atoms with Crippen LogP contribution in [0.3, 0.4) is 0 Å². The molecule has 6 heteroatoms. The third-order valence-electron chi connectivity index (χ3n) is 3.55. The van der Waals surface area contributed by atoms with Crippen LogP contribution in [-0.4, -0.2) is 54.8 Å². The highest BCUT2D eigenvalue weighted by Gasteiger charge is 2.10. The van der Waals surface area contributed by atoms with E-state index >= 15 is 0 Å². The minimum Gasteiger partial charge on any atom is -0.476 e. The van der Waals surface area contributed by atoms with Crippen LogP contribution in [-0.2, 0) is 11.3 Å². The molecule has 1 aromatic rings. The smallest absolute Gasteiger partial charge is 0.218 e. The average molecular weight is 294 g/mol. The van der Waals surface area contributed by atoms with E-state index in [-0.39, 0.29) is 0 Å². The molecule has 2 rings (SSSR count). The number of nitrogens with zero attached hydrogens (tertiary/aromatic N) is 3. The first-order valence-corrected chi connectivity index (χ1v) is 7.80. The van der Waals surface area contributed by atoms with E-state index in [1.54, 1.807) is 0 Å². The van der Waals surface area contributed by atoms with Gasteiger partial charge in [-0.2, -0.15) is 4.98 Å². The van der Waals surface area contributed by atoms with Crippen molar-refractivity contribution in [2.45, 2.75) is 32.8 Å². The van der Waals surface area contributed by atoms with Gasteiger partial charge in [0, 0.05) is 26.3 Å². The van der Waals surface area contributed by atoms with Crippen molar-refractivity contribution in [3.8, 4) is 5.88 Å². The van der Waals surface area contributed by atoms with Crippen LogP contribution in [0.1, 0.15) is 32.0 Å². The predicted octanol–water partition coefficient (Wildman–Crippen LogP) is 1.92. The Bertz CT molecular complexity index is 422. The molecule has 0 aliphatic carbocycles.